The fourth-order valence-electron chi connectivity index (χ4n) is 4.45. The lowest BCUT2D eigenvalue weighted by Crippen LogP contribution is -2.55. The molecule has 1 unspecified atom stereocenters. The summed E-state index contributed by atoms with van der Waals surface area (Å²) in [5.74, 6) is -0.994. The summed E-state index contributed by atoms with van der Waals surface area (Å²) < 4.78 is 5.03. The highest BCUT2D eigenvalue weighted by molar-refractivity contribution is 6.31. The molecule has 1 fully saturated rings. The Morgan fingerprint density at radius 2 is 1.73 bits per heavy atom. The van der Waals surface area contributed by atoms with E-state index in [1.807, 2.05) is 51.1 Å². The number of carbonyl (C=O) groups excluding carboxylic acids is 3. The molecule has 0 spiro atoms. The number of hydrogen-bond donors (Lipinski definition) is 0. The Balaban J connectivity index is 1.68. The van der Waals surface area contributed by atoms with Gasteiger partial charge in [-0.1, -0.05) is 61.8 Å². The van der Waals surface area contributed by atoms with Crippen LogP contribution in [0, 0.1) is 0 Å². The Morgan fingerprint density at radius 1 is 1.00 bits per heavy atom. The van der Waals surface area contributed by atoms with Crippen molar-refractivity contribution < 1.29 is 19.1 Å². The first-order valence-electron chi connectivity index (χ1n) is 12.1. The third-order valence-corrected chi connectivity index (χ3v) is 6.59. The van der Waals surface area contributed by atoms with E-state index in [0.29, 0.717) is 28.6 Å². The molecule has 2 aromatic carbocycles. The van der Waals surface area contributed by atoms with E-state index in [0.717, 1.165) is 5.56 Å². The molecule has 4 rings (SSSR count). The smallest absolute Gasteiger partial charge is 0.342 e. The fraction of sp³-hybridized carbons (Fsp3) is 0.321. The van der Waals surface area contributed by atoms with Crippen LogP contribution in [0.5, 0.6) is 0 Å². The molecule has 0 bridgehead atoms. The van der Waals surface area contributed by atoms with Crippen LogP contribution in [0.15, 0.2) is 54.6 Å². The van der Waals surface area contributed by atoms with Crippen LogP contribution in [0.4, 0.5) is 0 Å². The molecule has 2 heterocycles. The predicted octanol–water partition coefficient (Wildman–Crippen LogP) is 4.69. The van der Waals surface area contributed by atoms with Crippen molar-refractivity contribution in [1.82, 2.24) is 19.8 Å². The lowest BCUT2D eigenvalue weighted by Gasteiger charge is -2.40. The van der Waals surface area contributed by atoms with E-state index in [-0.39, 0.29) is 42.2 Å². The second-order valence-electron chi connectivity index (χ2n) is 9.28. The average Bonchev–Trinajstić information content (AvgIpc) is 2.91. The van der Waals surface area contributed by atoms with Gasteiger partial charge in [-0.25, -0.2) is 14.8 Å². The normalized spacial score (nSPS) is 15.6. The first kappa shape index (κ1) is 26.3. The van der Waals surface area contributed by atoms with Crippen molar-refractivity contribution >= 4 is 29.4 Å². The van der Waals surface area contributed by atoms with Gasteiger partial charge in [-0.3, -0.25) is 9.59 Å². The molecule has 1 aromatic heterocycles. The van der Waals surface area contributed by atoms with Crippen molar-refractivity contribution in [3.8, 4) is 11.4 Å². The third-order valence-electron chi connectivity index (χ3n) is 6.36. The van der Waals surface area contributed by atoms with Crippen LogP contribution >= 0.6 is 11.6 Å². The number of benzene rings is 2. The molecule has 1 saturated heterocycles. The highest BCUT2D eigenvalue weighted by Gasteiger charge is 2.35. The van der Waals surface area contributed by atoms with E-state index in [4.69, 9.17) is 16.3 Å². The second-order valence-corrected chi connectivity index (χ2v) is 9.71. The van der Waals surface area contributed by atoms with Crippen molar-refractivity contribution in [3.05, 3.63) is 82.1 Å². The van der Waals surface area contributed by atoms with E-state index in [1.165, 1.54) is 7.11 Å². The molecular formula is C28H29ClN4O4. The minimum absolute atomic E-state index is 0.00576. The Labute approximate surface area is 221 Å². The molecular weight excluding hydrogens is 492 g/mol. The van der Waals surface area contributed by atoms with Crippen LogP contribution in [0.3, 0.4) is 0 Å². The summed E-state index contributed by atoms with van der Waals surface area (Å²) in [6.07, 6.45) is 0. The molecule has 8 nitrogen and oxygen atoms in total. The molecule has 1 aliphatic heterocycles. The van der Waals surface area contributed by atoms with Gasteiger partial charge in [0.15, 0.2) is 5.82 Å². The monoisotopic (exact) mass is 520 g/mol. The molecule has 0 aliphatic carbocycles. The van der Waals surface area contributed by atoms with E-state index >= 15 is 0 Å². The summed E-state index contributed by atoms with van der Waals surface area (Å²) in [6, 6.07) is 15.9. The largest absolute Gasteiger partial charge is 0.465 e. The van der Waals surface area contributed by atoms with Gasteiger partial charge in [-0.05, 0) is 31.0 Å². The van der Waals surface area contributed by atoms with Gasteiger partial charge >= 0.3 is 5.97 Å². The summed E-state index contributed by atoms with van der Waals surface area (Å²) in [5.41, 5.74) is 1.77. The number of hydrogen-bond acceptors (Lipinski definition) is 6. The van der Waals surface area contributed by atoms with Crippen LogP contribution in [0.2, 0.25) is 5.02 Å². The maximum Gasteiger partial charge on any atom is 0.342 e. The molecule has 0 saturated carbocycles. The molecule has 3 aromatic rings. The van der Waals surface area contributed by atoms with Crippen LogP contribution < -0.4 is 0 Å². The standard InChI is InChI=1S/C28H29ClN4O4/c1-17(2)23-22(28(36)37-4)24(31-25(30-23)19-9-6-5-7-10-19)27(35)32-13-14-33(18(3)16-32)26(34)20-11-8-12-21(29)15-20/h5-12,15,17-18H,13-14,16H2,1-4H3. The van der Waals surface area contributed by atoms with Gasteiger partial charge in [-0.2, -0.15) is 0 Å². The topological polar surface area (TPSA) is 92.7 Å². The summed E-state index contributed by atoms with van der Waals surface area (Å²) in [5, 5.41) is 0.488. The molecule has 37 heavy (non-hydrogen) atoms. The molecule has 1 atom stereocenters. The number of esters is 1. The van der Waals surface area contributed by atoms with E-state index in [9.17, 15) is 14.4 Å². The maximum atomic E-state index is 13.8. The zero-order valence-corrected chi connectivity index (χ0v) is 22.0. The Kier molecular flexibility index (Phi) is 7.88. The third kappa shape index (κ3) is 5.49. The molecule has 9 heteroatoms. The number of halogens is 1. The zero-order valence-electron chi connectivity index (χ0n) is 21.3. The first-order chi connectivity index (χ1) is 17.7. The summed E-state index contributed by atoms with van der Waals surface area (Å²) in [6.45, 7) is 6.60. The van der Waals surface area contributed by atoms with Crippen LogP contribution in [-0.2, 0) is 4.74 Å². The zero-order chi connectivity index (χ0) is 26.7. The van der Waals surface area contributed by atoms with Crippen molar-refractivity contribution in [2.24, 2.45) is 0 Å². The van der Waals surface area contributed by atoms with Gasteiger partial charge in [0.1, 0.15) is 11.3 Å². The van der Waals surface area contributed by atoms with Crippen LogP contribution in [0.25, 0.3) is 11.4 Å². The summed E-state index contributed by atoms with van der Waals surface area (Å²) >= 11 is 6.07. The number of aromatic nitrogens is 2. The number of carbonyl (C=O) groups is 3. The van der Waals surface area contributed by atoms with E-state index < -0.39 is 11.9 Å². The van der Waals surface area contributed by atoms with Gasteiger partial charge in [0.05, 0.1) is 12.8 Å². The van der Waals surface area contributed by atoms with Gasteiger partial charge < -0.3 is 14.5 Å². The van der Waals surface area contributed by atoms with Crippen LogP contribution in [-0.4, -0.2) is 70.3 Å². The number of rotatable bonds is 5. The molecule has 0 N–H and O–H groups in total. The number of methoxy groups -OCH3 is 1. The van der Waals surface area contributed by atoms with E-state index in [1.54, 1.807) is 34.1 Å². The minimum Gasteiger partial charge on any atom is -0.465 e. The SMILES string of the molecule is COC(=O)c1c(C(=O)N2CCN(C(=O)c3cccc(Cl)c3)C(C)C2)nc(-c2ccccc2)nc1C(C)C. The molecule has 0 radical (unpaired) electrons. The maximum absolute atomic E-state index is 13.8. The number of ether oxygens (including phenoxy) is 1. The van der Waals surface area contributed by atoms with Crippen molar-refractivity contribution in [1.29, 1.82) is 0 Å². The van der Waals surface area contributed by atoms with Crippen molar-refractivity contribution in [2.45, 2.75) is 32.7 Å². The predicted molar refractivity (Wildman–Crippen MR) is 141 cm³/mol. The molecule has 192 valence electrons. The van der Waals surface area contributed by atoms with Gasteiger partial charge in [0.2, 0.25) is 0 Å². The Bertz CT molecular complexity index is 1330. The van der Waals surface area contributed by atoms with Crippen molar-refractivity contribution in [2.75, 3.05) is 26.7 Å². The minimum atomic E-state index is -0.658. The van der Waals surface area contributed by atoms with Gasteiger partial charge in [0, 0.05) is 41.8 Å². The van der Waals surface area contributed by atoms with Crippen molar-refractivity contribution in [3.63, 3.8) is 0 Å². The van der Waals surface area contributed by atoms with Crippen LogP contribution in [0.1, 0.15) is 63.6 Å². The highest BCUT2D eigenvalue weighted by atomic mass is 35.5. The molecule has 2 amide bonds. The fourth-order valence-corrected chi connectivity index (χ4v) is 4.64. The molecule has 1 aliphatic rings. The quantitative estimate of drug-likeness (QED) is 0.453. The average molecular weight is 521 g/mol. The number of amides is 2. The highest BCUT2D eigenvalue weighted by Crippen LogP contribution is 2.27. The number of nitrogens with zero attached hydrogens (tertiary/aromatic N) is 4. The Hall–Kier alpha value is -3.78. The van der Waals surface area contributed by atoms with E-state index in [2.05, 4.69) is 9.97 Å². The second kappa shape index (κ2) is 11.1. The lowest BCUT2D eigenvalue weighted by molar-refractivity contribution is 0.0408. The first-order valence-corrected chi connectivity index (χ1v) is 12.5. The summed E-state index contributed by atoms with van der Waals surface area (Å²) in [7, 11) is 1.27. The van der Waals surface area contributed by atoms with Gasteiger partial charge in [0.25, 0.3) is 11.8 Å². The summed E-state index contributed by atoms with van der Waals surface area (Å²) in [4.78, 5) is 52.4. The lowest BCUT2D eigenvalue weighted by atomic mass is 10.00. The Morgan fingerprint density at radius 3 is 2.35 bits per heavy atom. The number of piperazine rings is 1. The van der Waals surface area contributed by atoms with Gasteiger partial charge in [-0.15, -0.1) is 0 Å².